The quantitative estimate of drug-likeness (QED) is 0.781. The topological polar surface area (TPSA) is 90.7 Å². The van der Waals surface area contributed by atoms with Crippen LogP contribution in [0.15, 0.2) is 30.5 Å². The van der Waals surface area contributed by atoms with Gasteiger partial charge in [0.25, 0.3) is 0 Å². The summed E-state index contributed by atoms with van der Waals surface area (Å²) in [7, 11) is 0. The highest BCUT2D eigenvalue weighted by molar-refractivity contribution is 6.31. The van der Waals surface area contributed by atoms with Crippen molar-refractivity contribution in [2.45, 2.75) is 12.2 Å². The summed E-state index contributed by atoms with van der Waals surface area (Å²) < 4.78 is 0. The van der Waals surface area contributed by atoms with Crippen LogP contribution in [-0.4, -0.2) is 32.4 Å². The number of carboxylic acids is 1. The van der Waals surface area contributed by atoms with Gasteiger partial charge < -0.3 is 15.3 Å². The smallest absolute Gasteiger partial charge is 0.335 e. The first kappa shape index (κ1) is 12.8. The van der Waals surface area contributed by atoms with Gasteiger partial charge in [0.15, 0.2) is 6.10 Å². The summed E-state index contributed by atoms with van der Waals surface area (Å²) in [5.41, 5.74) is 0.822. The second kappa shape index (κ2) is 4.89. The average molecular weight is 268 g/mol. The SMILES string of the molecule is O=C(O)C(O)C(O)c1ccnc2cc(Cl)ccc12. The molecule has 0 radical (unpaired) electrons. The van der Waals surface area contributed by atoms with Gasteiger partial charge >= 0.3 is 5.97 Å². The molecule has 2 unspecified atom stereocenters. The average Bonchev–Trinajstić information content (AvgIpc) is 2.35. The van der Waals surface area contributed by atoms with Crippen molar-refractivity contribution in [2.75, 3.05) is 0 Å². The number of nitrogens with zero attached hydrogens (tertiary/aromatic N) is 1. The minimum Gasteiger partial charge on any atom is -0.479 e. The Labute approximate surface area is 107 Å². The highest BCUT2D eigenvalue weighted by Crippen LogP contribution is 2.27. The van der Waals surface area contributed by atoms with Crippen molar-refractivity contribution < 1.29 is 20.1 Å². The van der Waals surface area contributed by atoms with Crippen LogP contribution in [0, 0.1) is 0 Å². The van der Waals surface area contributed by atoms with Crippen molar-refractivity contribution >= 4 is 28.5 Å². The summed E-state index contributed by atoms with van der Waals surface area (Å²) in [6.45, 7) is 0. The van der Waals surface area contributed by atoms with Crippen molar-refractivity contribution in [1.29, 1.82) is 0 Å². The normalized spacial score (nSPS) is 14.4. The number of aliphatic carboxylic acids is 1. The predicted octanol–water partition coefficient (Wildman–Crippen LogP) is 1.37. The molecule has 6 heteroatoms. The lowest BCUT2D eigenvalue weighted by molar-refractivity contribution is -0.153. The maximum absolute atomic E-state index is 10.7. The summed E-state index contributed by atoms with van der Waals surface area (Å²) in [5, 5.41) is 28.9. The maximum atomic E-state index is 10.7. The van der Waals surface area contributed by atoms with E-state index < -0.39 is 18.2 Å². The van der Waals surface area contributed by atoms with Crippen LogP contribution in [0.25, 0.3) is 10.9 Å². The molecule has 2 atom stereocenters. The van der Waals surface area contributed by atoms with Gasteiger partial charge in [-0.1, -0.05) is 17.7 Å². The molecule has 3 N–H and O–H groups in total. The largest absolute Gasteiger partial charge is 0.479 e. The van der Waals surface area contributed by atoms with Gasteiger partial charge in [-0.3, -0.25) is 4.98 Å². The number of pyridine rings is 1. The molecular weight excluding hydrogens is 258 g/mol. The van der Waals surface area contributed by atoms with Crippen molar-refractivity contribution in [2.24, 2.45) is 0 Å². The van der Waals surface area contributed by atoms with Crippen molar-refractivity contribution in [3.05, 3.63) is 41.0 Å². The fraction of sp³-hybridized carbons (Fsp3) is 0.167. The van der Waals surface area contributed by atoms with E-state index in [1.807, 2.05) is 0 Å². The van der Waals surface area contributed by atoms with E-state index in [0.717, 1.165) is 0 Å². The Kier molecular flexibility index (Phi) is 3.47. The van der Waals surface area contributed by atoms with Crippen LogP contribution in [0.4, 0.5) is 0 Å². The first-order chi connectivity index (χ1) is 8.50. The second-order valence-electron chi connectivity index (χ2n) is 3.79. The summed E-state index contributed by atoms with van der Waals surface area (Å²) in [5.74, 6) is -1.48. The zero-order chi connectivity index (χ0) is 13.3. The minimum absolute atomic E-state index is 0.298. The Morgan fingerprint density at radius 1 is 1.28 bits per heavy atom. The van der Waals surface area contributed by atoms with E-state index in [9.17, 15) is 15.0 Å². The second-order valence-corrected chi connectivity index (χ2v) is 4.23. The van der Waals surface area contributed by atoms with E-state index >= 15 is 0 Å². The Balaban J connectivity index is 2.54. The van der Waals surface area contributed by atoms with E-state index in [0.29, 0.717) is 21.5 Å². The highest BCUT2D eigenvalue weighted by Gasteiger charge is 2.26. The molecule has 0 aliphatic rings. The van der Waals surface area contributed by atoms with Crippen molar-refractivity contribution in [3.63, 3.8) is 0 Å². The van der Waals surface area contributed by atoms with Gasteiger partial charge in [0.05, 0.1) is 5.52 Å². The fourth-order valence-corrected chi connectivity index (χ4v) is 1.87. The molecule has 0 amide bonds. The van der Waals surface area contributed by atoms with Crippen LogP contribution in [-0.2, 0) is 4.79 Å². The van der Waals surface area contributed by atoms with E-state index in [1.165, 1.54) is 12.3 Å². The third kappa shape index (κ3) is 2.28. The summed E-state index contributed by atoms with van der Waals surface area (Å²) in [6, 6.07) is 6.29. The van der Waals surface area contributed by atoms with E-state index in [4.69, 9.17) is 16.7 Å². The van der Waals surface area contributed by atoms with Crippen LogP contribution in [0.3, 0.4) is 0 Å². The number of hydrogen-bond acceptors (Lipinski definition) is 4. The number of halogens is 1. The van der Waals surface area contributed by atoms with E-state index in [2.05, 4.69) is 4.98 Å². The third-order valence-electron chi connectivity index (χ3n) is 2.61. The Hall–Kier alpha value is -1.69. The van der Waals surface area contributed by atoms with Crippen LogP contribution in [0.2, 0.25) is 5.02 Å². The fourth-order valence-electron chi connectivity index (χ4n) is 1.71. The number of aliphatic hydroxyl groups excluding tert-OH is 2. The summed E-state index contributed by atoms with van der Waals surface area (Å²) >= 11 is 5.82. The molecule has 5 nitrogen and oxygen atoms in total. The number of rotatable bonds is 3. The first-order valence-electron chi connectivity index (χ1n) is 5.14. The number of aromatic nitrogens is 1. The highest BCUT2D eigenvalue weighted by atomic mass is 35.5. The lowest BCUT2D eigenvalue weighted by atomic mass is 10.0. The minimum atomic E-state index is -1.88. The molecule has 0 saturated carbocycles. The molecule has 0 fully saturated rings. The standard InChI is InChI=1S/C12H10ClNO4/c13-6-1-2-7-8(3-4-14-9(7)5-6)10(15)11(16)12(17)18/h1-5,10-11,15-16H,(H,17,18). The number of carbonyl (C=O) groups is 1. The van der Waals surface area contributed by atoms with Gasteiger partial charge in [0.1, 0.15) is 6.10 Å². The summed E-state index contributed by atoms with van der Waals surface area (Å²) in [4.78, 5) is 14.7. The van der Waals surface area contributed by atoms with Crippen LogP contribution >= 0.6 is 11.6 Å². The molecule has 18 heavy (non-hydrogen) atoms. The molecule has 1 aromatic carbocycles. The van der Waals surface area contributed by atoms with Crippen molar-refractivity contribution in [1.82, 2.24) is 4.98 Å². The van der Waals surface area contributed by atoms with Gasteiger partial charge in [0, 0.05) is 16.6 Å². The predicted molar refractivity (Wildman–Crippen MR) is 65.4 cm³/mol. The molecule has 94 valence electrons. The van der Waals surface area contributed by atoms with Crippen LogP contribution < -0.4 is 0 Å². The van der Waals surface area contributed by atoms with Gasteiger partial charge in [-0.05, 0) is 23.8 Å². The van der Waals surface area contributed by atoms with Crippen LogP contribution in [0.5, 0.6) is 0 Å². The lowest BCUT2D eigenvalue weighted by Gasteiger charge is -2.16. The number of hydrogen-bond donors (Lipinski definition) is 3. The van der Waals surface area contributed by atoms with Gasteiger partial charge in [-0.25, -0.2) is 4.79 Å². The van der Waals surface area contributed by atoms with Crippen molar-refractivity contribution in [3.8, 4) is 0 Å². The monoisotopic (exact) mass is 267 g/mol. The Morgan fingerprint density at radius 3 is 2.67 bits per heavy atom. The van der Waals surface area contributed by atoms with Crippen LogP contribution in [0.1, 0.15) is 11.7 Å². The molecule has 0 aliphatic carbocycles. The Morgan fingerprint density at radius 2 is 2.00 bits per heavy atom. The first-order valence-corrected chi connectivity index (χ1v) is 5.51. The molecule has 1 heterocycles. The summed E-state index contributed by atoms with van der Waals surface area (Å²) in [6.07, 6.45) is -1.98. The lowest BCUT2D eigenvalue weighted by Crippen LogP contribution is -2.27. The molecule has 0 saturated heterocycles. The number of carboxylic acid groups (broad SMARTS) is 1. The third-order valence-corrected chi connectivity index (χ3v) is 2.84. The molecule has 0 spiro atoms. The van der Waals surface area contributed by atoms with Gasteiger partial charge in [-0.15, -0.1) is 0 Å². The molecule has 2 rings (SSSR count). The zero-order valence-electron chi connectivity index (χ0n) is 9.12. The molecule has 1 aromatic heterocycles. The molecular formula is C12H10ClNO4. The van der Waals surface area contributed by atoms with E-state index in [1.54, 1.807) is 18.2 Å². The van der Waals surface area contributed by atoms with E-state index in [-0.39, 0.29) is 0 Å². The molecule has 0 bridgehead atoms. The number of aliphatic hydroxyl groups is 2. The molecule has 2 aromatic rings. The zero-order valence-corrected chi connectivity index (χ0v) is 9.87. The molecule has 0 aliphatic heterocycles. The number of fused-ring (bicyclic) bond motifs is 1. The maximum Gasteiger partial charge on any atom is 0.335 e. The van der Waals surface area contributed by atoms with Gasteiger partial charge in [0.2, 0.25) is 0 Å². The Bertz CT molecular complexity index is 602. The number of benzene rings is 1. The van der Waals surface area contributed by atoms with Gasteiger partial charge in [-0.2, -0.15) is 0 Å².